The fourth-order valence-electron chi connectivity index (χ4n) is 1.73. The summed E-state index contributed by atoms with van der Waals surface area (Å²) in [5, 5.41) is 0.131. The number of aromatic nitrogens is 4. The molecule has 1 N–H and O–H groups in total. The van der Waals surface area contributed by atoms with Gasteiger partial charge in [-0.15, -0.1) is 0 Å². The molecule has 18 heavy (non-hydrogen) atoms. The molecule has 2 aromatic heterocycles. The molecule has 0 saturated heterocycles. The van der Waals surface area contributed by atoms with Gasteiger partial charge in [0.25, 0.3) is 5.56 Å². The molecule has 0 saturated carbocycles. The summed E-state index contributed by atoms with van der Waals surface area (Å²) in [6, 6.07) is 0. The molecule has 6 nitrogen and oxygen atoms in total. The Morgan fingerprint density at radius 2 is 2.17 bits per heavy atom. The van der Waals surface area contributed by atoms with Gasteiger partial charge in [-0.2, -0.15) is 0 Å². The molecule has 0 spiro atoms. The van der Waals surface area contributed by atoms with Crippen molar-refractivity contribution >= 4 is 11.6 Å². The molecule has 0 bridgehead atoms. The lowest BCUT2D eigenvalue weighted by molar-refractivity contribution is 0.539. The predicted molar refractivity (Wildman–Crippen MR) is 67.9 cm³/mol. The fourth-order valence-corrected chi connectivity index (χ4v) is 2.03. The molecular formula is C11H13ClN4O2. The second kappa shape index (κ2) is 5.22. The Kier molecular flexibility index (Phi) is 3.66. The Hall–Kier alpha value is -1.82. The van der Waals surface area contributed by atoms with Crippen LogP contribution >= 0.6 is 11.6 Å². The number of rotatable bonds is 4. The molecular weight excluding hydrogens is 256 g/mol. The number of aromatic amines is 1. The van der Waals surface area contributed by atoms with E-state index in [0.717, 1.165) is 4.57 Å². The topological polar surface area (TPSA) is 72.7 Å². The van der Waals surface area contributed by atoms with E-state index in [1.165, 1.54) is 0 Å². The SMILES string of the molecule is CCc1c(Cl)[nH]c(=O)n(CCn2ccnc2)c1=O. The van der Waals surface area contributed by atoms with E-state index >= 15 is 0 Å². The molecule has 2 heterocycles. The van der Waals surface area contributed by atoms with Crippen LogP contribution in [-0.2, 0) is 19.5 Å². The third-order valence-electron chi connectivity index (χ3n) is 2.72. The second-order valence-corrected chi connectivity index (χ2v) is 4.21. The van der Waals surface area contributed by atoms with Crippen molar-refractivity contribution < 1.29 is 0 Å². The van der Waals surface area contributed by atoms with Crippen LogP contribution in [0.4, 0.5) is 0 Å². The summed E-state index contributed by atoms with van der Waals surface area (Å²) in [5.74, 6) is 0. The summed E-state index contributed by atoms with van der Waals surface area (Å²) < 4.78 is 2.96. The second-order valence-electron chi connectivity index (χ2n) is 3.83. The maximum Gasteiger partial charge on any atom is 0.329 e. The maximum absolute atomic E-state index is 12.0. The summed E-state index contributed by atoms with van der Waals surface area (Å²) in [4.78, 5) is 30.1. The van der Waals surface area contributed by atoms with Gasteiger partial charge in [-0.25, -0.2) is 9.78 Å². The normalized spacial score (nSPS) is 10.8. The molecule has 0 atom stereocenters. The number of H-pyrrole nitrogens is 1. The van der Waals surface area contributed by atoms with Crippen LogP contribution in [0.5, 0.6) is 0 Å². The van der Waals surface area contributed by atoms with Crippen molar-refractivity contribution in [1.29, 1.82) is 0 Å². The molecule has 7 heteroatoms. The molecule has 2 rings (SSSR count). The average Bonchev–Trinajstić information content (AvgIpc) is 2.81. The van der Waals surface area contributed by atoms with E-state index in [-0.39, 0.29) is 17.3 Å². The molecule has 0 aliphatic heterocycles. The highest BCUT2D eigenvalue weighted by atomic mass is 35.5. The number of nitrogens with zero attached hydrogens (tertiary/aromatic N) is 3. The van der Waals surface area contributed by atoms with Crippen LogP contribution in [0, 0.1) is 0 Å². The lowest BCUT2D eigenvalue weighted by Crippen LogP contribution is -2.38. The third-order valence-corrected chi connectivity index (χ3v) is 3.05. The zero-order valence-electron chi connectivity index (χ0n) is 9.89. The first-order chi connectivity index (χ1) is 8.63. The summed E-state index contributed by atoms with van der Waals surface area (Å²) >= 11 is 5.82. The molecule has 0 fully saturated rings. The minimum Gasteiger partial charge on any atom is -0.336 e. The van der Waals surface area contributed by atoms with Crippen molar-refractivity contribution in [2.24, 2.45) is 0 Å². The van der Waals surface area contributed by atoms with Gasteiger partial charge >= 0.3 is 5.69 Å². The lowest BCUT2D eigenvalue weighted by Gasteiger charge is -2.08. The Morgan fingerprint density at radius 3 is 2.78 bits per heavy atom. The van der Waals surface area contributed by atoms with Gasteiger partial charge in [-0.1, -0.05) is 18.5 Å². The van der Waals surface area contributed by atoms with E-state index in [9.17, 15) is 9.59 Å². The van der Waals surface area contributed by atoms with E-state index in [4.69, 9.17) is 11.6 Å². The minimum atomic E-state index is -0.484. The third kappa shape index (κ3) is 2.38. The fraction of sp³-hybridized carbons (Fsp3) is 0.364. The Labute approximate surface area is 108 Å². The van der Waals surface area contributed by atoms with Crippen LogP contribution < -0.4 is 11.2 Å². The summed E-state index contributed by atoms with van der Waals surface area (Å²) in [7, 11) is 0. The minimum absolute atomic E-state index is 0.131. The summed E-state index contributed by atoms with van der Waals surface area (Å²) in [6.45, 7) is 2.61. The van der Waals surface area contributed by atoms with Crippen LogP contribution in [0.1, 0.15) is 12.5 Å². The van der Waals surface area contributed by atoms with Crippen molar-refractivity contribution in [3.8, 4) is 0 Å². The highest BCUT2D eigenvalue weighted by Gasteiger charge is 2.10. The van der Waals surface area contributed by atoms with Gasteiger partial charge in [-0.3, -0.25) is 14.3 Å². The number of hydrogen-bond acceptors (Lipinski definition) is 3. The number of halogens is 1. The van der Waals surface area contributed by atoms with E-state index in [0.29, 0.717) is 18.5 Å². The molecule has 96 valence electrons. The number of hydrogen-bond donors (Lipinski definition) is 1. The highest BCUT2D eigenvalue weighted by Crippen LogP contribution is 2.05. The molecule has 2 aromatic rings. The zero-order chi connectivity index (χ0) is 13.1. The van der Waals surface area contributed by atoms with Crippen LogP contribution in [0.15, 0.2) is 28.3 Å². The van der Waals surface area contributed by atoms with Gasteiger partial charge in [0, 0.05) is 25.5 Å². The highest BCUT2D eigenvalue weighted by molar-refractivity contribution is 6.30. The monoisotopic (exact) mass is 268 g/mol. The van der Waals surface area contributed by atoms with Crippen molar-refractivity contribution in [3.05, 3.63) is 50.3 Å². The number of aryl methyl sites for hydroxylation is 1. The Bertz CT molecular complexity index is 642. The van der Waals surface area contributed by atoms with Gasteiger partial charge in [0.1, 0.15) is 5.15 Å². The number of nitrogens with one attached hydrogen (secondary N) is 1. The molecule has 0 amide bonds. The van der Waals surface area contributed by atoms with E-state index < -0.39 is 5.69 Å². The van der Waals surface area contributed by atoms with Crippen LogP contribution in [0.2, 0.25) is 5.15 Å². The summed E-state index contributed by atoms with van der Waals surface area (Å²) in [5.41, 5.74) is -0.379. The van der Waals surface area contributed by atoms with Gasteiger partial charge in [-0.05, 0) is 6.42 Å². The van der Waals surface area contributed by atoms with Gasteiger partial charge in [0.15, 0.2) is 0 Å². The van der Waals surface area contributed by atoms with E-state index in [1.807, 2.05) is 6.92 Å². The largest absolute Gasteiger partial charge is 0.336 e. The Balaban J connectivity index is 2.33. The van der Waals surface area contributed by atoms with Crippen LogP contribution in [-0.4, -0.2) is 19.1 Å². The maximum atomic E-state index is 12.0. The van der Waals surface area contributed by atoms with Gasteiger partial charge in [0.05, 0.1) is 11.9 Å². The molecule has 0 aliphatic rings. The lowest BCUT2D eigenvalue weighted by atomic mass is 10.2. The standard InChI is InChI=1S/C11H13ClN4O2/c1-2-8-9(12)14-11(18)16(10(8)17)6-5-15-4-3-13-7-15/h3-4,7H,2,5-6H2,1H3,(H,14,18). The van der Waals surface area contributed by atoms with Gasteiger partial charge < -0.3 is 4.57 Å². The smallest absolute Gasteiger partial charge is 0.329 e. The van der Waals surface area contributed by atoms with Crippen LogP contribution in [0.3, 0.4) is 0 Å². The van der Waals surface area contributed by atoms with Crippen molar-refractivity contribution in [1.82, 2.24) is 19.1 Å². The van der Waals surface area contributed by atoms with E-state index in [1.54, 1.807) is 23.3 Å². The van der Waals surface area contributed by atoms with Crippen molar-refractivity contribution in [2.45, 2.75) is 26.4 Å². The molecule has 0 radical (unpaired) electrons. The quantitative estimate of drug-likeness (QED) is 0.828. The first kappa shape index (κ1) is 12.6. The zero-order valence-corrected chi connectivity index (χ0v) is 10.6. The summed E-state index contributed by atoms with van der Waals surface area (Å²) in [6.07, 6.45) is 5.54. The van der Waals surface area contributed by atoms with Gasteiger partial charge in [0.2, 0.25) is 0 Å². The number of imidazole rings is 1. The predicted octanol–water partition coefficient (Wildman–Crippen LogP) is 0.649. The Morgan fingerprint density at radius 1 is 1.39 bits per heavy atom. The van der Waals surface area contributed by atoms with Crippen molar-refractivity contribution in [2.75, 3.05) is 0 Å². The van der Waals surface area contributed by atoms with Crippen molar-refractivity contribution in [3.63, 3.8) is 0 Å². The first-order valence-electron chi connectivity index (χ1n) is 5.60. The molecule has 0 aliphatic carbocycles. The first-order valence-corrected chi connectivity index (χ1v) is 5.98. The van der Waals surface area contributed by atoms with Crippen LogP contribution in [0.25, 0.3) is 0 Å². The molecule has 0 aromatic carbocycles. The van der Waals surface area contributed by atoms with E-state index in [2.05, 4.69) is 9.97 Å². The molecule has 0 unspecified atom stereocenters. The average molecular weight is 269 g/mol.